The molecule has 1 saturated carbocycles. The zero-order chi connectivity index (χ0) is 17.4. The maximum atomic E-state index is 5.89. The zero-order valence-electron chi connectivity index (χ0n) is 15.4. The van der Waals surface area contributed by atoms with Crippen molar-refractivity contribution >= 4 is 5.96 Å². The monoisotopic (exact) mass is 343 g/mol. The van der Waals surface area contributed by atoms with Gasteiger partial charge in [-0.15, -0.1) is 0 Å². The Hall–Kier alpha value is -1.75. The molecule has 0 aromatic heterocycles. The van der Waals surface area contributed by atoms with Crippen LogP contribution in [-0.4, -0.2) is 44.9 Å². The summed E-state index contributed by atoms with van der Waals surface area (Å²) in [6.45, 7) is 7.13. The Morgan fingerprint density at radius 1 is 1.24 bits per heavy atom. The van der Waals surface area contributed by atoms with Crippen LogP contribution in [-0.2, 0) is 4.74 Å². The highest BCUT2D eigenvalue weighted by Crippen LogP contribution is 2.52. The molecule has 5 nitrogen and oxygen atoms in total. The van der Waals surface area contributed by atoms with Gasteiger partial charge in [-0.05, 0) is 24.5 Å². The number of fused-ring (bicyclic) bond motifs is 2. The largest absolute Gasteiger partial charge is 0.493 e. The standard InChI is InChI=1S/C20H29N3O2/c1-20(2)17(15-9-11-25-18(15)20)23-19(21-3)22-12-13-8-10-24-16-7-5-4-6-14(13)16/h4-7,13,15,17-18H,8-12H2,1-3H3,(H2,21,22,23). The molecule has 1 aromatic carbocycles. The van der Waals surface area contributed by atoms with Crippen LogP contribution >= 0.6 is 0 Å². The lowest BCUT2D eigenvalue weighted by atomic mass is 9.57. The molecule has 2 fully saturated rings. The first-order chi connectivity index (χ1) is 12.1. The van der Waals surface area contributed by atoms with Gasteiger partial charge in [0.2, 0.25) is 0 Å². The number of guanidine groups is 1. The lowest BCUT2D eigenvalue weighted by Gasteiger charge is -2.55. The Kier molecular flexibility index (Phi) is 4.36. The first-order valence-corrected chi connectivity index (χ1v) is 9.42. The minimum atomic E-state index is 0.157. The van der Waals surface area contributed by atoms with Crippen molar-refractivity contribution < 1.29 is 9.47 Å². The van der Waals surface area contributed by atoms with Crippen molar-refractivity contribution in [3.05, 3.63) is 29.8 Å². The third kappa shape index (κ3) is 2.88. The van der Waals surface area contributed by atoms with Crippen molar-refractivity contribution in [2.24, 2.45) is 16.3 Å². The molecule has 4 unspecified atom stereocenters. The van der Waals surface area contributed by atoms with Crippen LogP contribution in [0, 0.1) is 11.3 Å². The van der Waals surface area contributed by atoms with Crippen molar-refractivity contribution in [3.63, 3.8) is 0 Å². The van der Waals surface area contributed by atoms with E-state index in [1.807, 2.05) is 13.1 Å². The third-order valence-electron chi connectivity index (χ3n) is 6.21. The van der Waals surface area contributed by atoms with Crippen LogP contribution in [0.5, 0.6) is 5.75 Å². The molecule has 0 amide bonds. The predicted molar refractivity (Wildman–Crippen MR) is 99.2 cm³/mol. The number of para-hydroxylation sites is 1. The summed E-state index contributed by atoms with van der Waals surface area (Å²) in [5, 5.41) is 7.20. The third-order valence-corrected chi connectivity index (χ3v) is 6.21. The molecule has 5 heteroatoms. The molecule has 1 aromatic rings. The van der Waals surface area contributed by atoms with Crippen LogP contribution in [0.15, 0.2) is 29.3 Å². The molecule has 136 valence electrons. The topological polar surface area (TPSA) is 54.9 Å². The molecule has 0 spiro atoms. The van der Waals surface area contributed by atoms with Gasteiger partial charge in [0.15, 0.2) is 5.96 Å². The fraction of sp³-hybridized carbons (Fsp3) is 0.650. The van der Waals surface area contributed by atoms with Crippen LogP contribution in [0.4, 0.5) is 0 Å². The summed E-state index contributed by atoms with van der Waals surface area (Å²) in [5.41, 5.74) is 1.45. The van der Waals surface area contributed by atoms with Gasteiger partial charge < -0.3 is 20.1 Å². The Morgan fingerprint density at radius 2 is 2.08 bits per heavy atom. The maximum Gasteiger partial charge on any atom is 0.191 e. The van der Waals surface area contributed by atoms with Crippen LogP contribution < -0.4 is 15.4 Å². The summed E-state index contributed by atoms with van der Waals surface area (Å²) >= 11 is 0. The summed E-state index contributed by atoms with van der Waals surface area (Å²) in [7, 11) is 1.85. The molecule has 1 aliphatic carbocycles. The second kappa shape index (κ2) is 6.52. The van der Waals surface area contributed by atoms with E-state index >= 15 is 0 Å². The lowest BCUT2D eigenvalue weighted by Crippen LogP contribution is -2.68. The van der Waals surface area contributed by atoms with Gasteiger partial charge >= 0.3 is 0 Å². The summed E-state index contributed by atoms with van der Waals surface area (Å²) in [5.74, 6) is 2.99. The highest BCUT2D eigenvalue weighted by Gasteiger charge is 2.59. The number of aliphatic imine (C=N–C) groups is 1. The van der Waals surface area contributed by atoms with Gasteiger partial charge in [0, 0.05) is 43.5 Å². The number of benzene rings is 1. The number of hydrogen-bond acceptors (Lipinski definition) is 3. The molecule has 2 N–H and O–H groups in total. The maximum absolute atomic E-state index is 5.89. The second-order valence-corrected chi connectivity index (χ2v) is 8.01. The summed E-state index contributed by atoms with van der Waals surface area (Å²) in [6.07, 6.45) is 2.58. The Labute approximate surface area is 150 Å². The van der Waals surface area contributed by atoms with Crippen LogP contribution in [0.2, 0.25) is 0 Å². The molecule has 2 heterocycles. The van der Waals surface area contributed by atoms with Gasteiger partial charge in [-0.3, -0.25) is 4.99 Å². The molecule has 2 aliphatic heterocycles. The zero-order valence-corrected chi connectivity index (χ0v) is 15.4. The highest BCUT2D eigenvalue weighted by molar-refractivity contribution is 5.80. The van der Waals surface area contributed by atoms with E-state index in [1.54, 1.807) is 0 Å². The fourth-order valence-corrected chi connectivity index (χ4v) is 4.81. The number of nitrogens with zero attached hydrogens (tertiary/aromatic N) is 1. The minimum absolute atomic E-state index is 0.157. The van der Waals surface area contributed by atoms with Crippen LogP contribution in [0.25, 0.3) is 0 Å². The Balaban J connectivity index is 1.38. The molecule has 25 heavy (non-hydrogen) atoms. The highest BCUT2D eigenvalue weighted by atomic mass is 16.5. The van der Waals surface area contributed by atoms with E-state index in [0.29, 0.717) is 24.0 Å². The van der Waals surface area contributed by atoms with Crippen molar-refractivity contribution in [1.82, 2.24) is 10.6 Å². The SMILES string of the molecule is CN=C(NCC1CCOc2ccccc21)NC1C2CCOC2C1(C)C. The van der Waals surface area contributed by atoms with Gasteiger partial charge in [-0.1, -0.05) is 32.0 Å². The van der Waals surface area contributed by atoms with E-state index < -0.39 is 0 Å². The van der Waals surface area contributed by atoms with Gasteiger partial charge in [0.05, 0.1) is 12.7 Å². The predicted octanol–water partition coefficient (Wildman–Crippen LogP) is 2.53. The quantitative estimate of drug-likeness (QED) is 0.654. The van der Waals surface area contributed by atoms with Crippen molar-refractivity contribution in [2.45, 2.75) is 44.8 Å². The van der Waals surface area contributed by atoms with Gasteiger partial charge in [-0.25, -0.2) is 0 Å². The second-order valence-electron chi connectivity index (χ2n) is 8.01. The number of hydrogen-bond donors (Lipinski definition) is 2. The lowest BCUT2D eigenvalue weighted by molar-refractivity contribution is -0.106. The Bertz CT molecular complexity index is 658. The van der Waals surface area contributed by atoms with E-state index in [1.165, 1.54) is 5.56 Å². The number of rotatable bonds is 3. The molecule has 0 bridgehead atoms. The van der Waals surface area contributed by atoms with Gasteiger partial charge in [0.1, 0.15) is 5.75 Å². The molecule has 4 atom stereocenters. The van der Waals surface area contributed by atoms with Crippen molar-refractivity contribution in [1.29, 1.82) is 0 Å². The van der Waals surface area contributed by atoms with E-state index in [4.69, 9.17) is 9.47 Å². The first kappa shape index (κ1) is 16.7. The number of ether oxygens (including phenoxy) is 2. The van der Waals surface area contributed by atoms with E-state index in [2.05, 4.69) is 47.7 Å². The minimum Gasteiger partial charge on any atom is -0.493 e. The summed E-state index contributed by atoms with van der Waals surface area (Å²) < 4.78 is 11.7. The average Bonchev–Trinajstić information content (AvgIpc) is 3.09. The van der Waals surface area contributed by atoms with Gasteiger partial charge in [0.25, 0.3) is 0 Å². The Morgan fingerprint density at radius 3 is 2.92 bits per heavy atom. The average molecular weight is 343 g/mol. The molecular formula is C20H29N3O2. The van der Waals surface area contributed by atoms with Crippen molar-refractivity contribution in [2.75, 3.05) is 26.8 Å². The van der Waals surface area contributed by atoms with Crippen LogP contribution in [0.1, 0.15) is 38.2 Å². The van der Waals surface area contributed by atoms with E-state index in [0.717, 1.165) is 44.3 Å². The number of nitrogens with one attached hydrogen (secondary N) is 2. The first-order valence-electron chi connectivity index (χ1n) is 9.42. The van der Waals surface area contributed by atoms with Crippen LogP contribution in [0.3, 0.4) is 0 Å². The fourth-order valence-electron chi connectivity index (χ4n) is 4.81. The molecule has 3 aliphatic rings. The molecular weight excluding hydrogens is 314 g/mol. The summed E-state index contributed by atoms with van der Waals surface area (Å²) in [6, 6.07) is 8.78. The van der Waals surface area contributed by atoms with Gasteiger partial charge in [-0.2, -0.15) is 0 Å². The normalized spacial score (nSPS) is 32.8. The molecule has 0 radical (unpaired) electrons. The smallest absolute Gasteiger partial charge is 0.191 e. The summed E-state index contributed by atoms with van der Waals surface area (Å²) in [4.78, 5) is 4.45. The molecule has 1 saturated heterocycles. The van der Waals surface area contributed by atoms with Crippen molar-refractivity contribution in [3.8, 4) is 5.75 Å². The molecule has 4 rings (SSSR count). The van der Waals surface area contributed by atoms with E-state index in [-0.39, 0.29) is 5.41 Å². The van der Waals surface area contributed by atoms with E-state index in [9.17, 15) is 0 Å².